The predicted molar refractivity (Wildman–Crippen MR) is 347 cm³/mol. The van der Waals surface area contributed by atoms with Crippen molar-refractivity contribution in [3.63, 3.8) is 0 Å². The molecule has 0 fully saturated rings. The molecule has 0 aliphatic rings. The van der Waals surface area contributed by atoms with Crippen molar-refractivity contribution in [1.82, 2.24) is 5.32 Å². The first kappa shape index (κ1) is 76.8. The van der Waals surface area contributed by atoms with Crippen molar-refractivity contribution in [1.29, 1.82) is 0 Å². The lowest BCUT2D eigenvalue weighted by Crippen LogP contribution is -2.45. The third kappa shape index (κ3) is 64.8. The Kier molecular flexibility index (Phi) is 66.4. The normalized spacial score (nSPS) is 12.8. The fourth-order valence-corrected chi connectivity index (χ4v) is 10.9. The van der Waals surface area contributed by atoms with Gasteiger partial charge in [-0.1, -0.05) is 326 Å². The highest BCUT2D eigenvalue weighted by molar-refractivity contribution is 5.76. The summed E-state index contributed by atoms with van der Waals surface area (Å²) in [6, 6.07) is -0.635. The number of nitrogens with one attached hydrogen (secondary N) is 1. The lowest BCUT2D eigenvalue weighted by molar-refractivity contribution is -0.143. The van der Waals surface area contributed by atoms with E-state index in [9.17, 15) is 19.8 Å². The summed E-state index contributed by atoms with van der Waals surface area (Å²) in [7, 11) is 0. The van der Waals surface area contributed by atoms with Gasteiger partial charge in [0, 0.05) is 12.8 Å². The van der Waals surface area contributed by atoms with Crippen LogP contribution in [0.2, 0.25) is 0 Å². The number of ether oxygens (including phenoxy) is 1. The number of allylic oxidation sites excluding steroid dienone is 7. The molecule has 0 aliphatic heterocycles. The summed E-state index contributed by atoms with van der Waals surface area (Å²) < 4.78 is 5.47. The Morgan fingerprint density at radius 1 is 0.354 bits per heavy atom. The molecule has 2 unspecified atom stereocenters. The maximum atomic E-state index is 12.5. The molecule has 0 radical (unpaired) electrons. The zero-order valence-corrected chi connectivity index (χ0v) is 53.1. The van der Waals surface area contributed by atoms with Gasteiger partial charge in [0.2, 0.25) is 5.91 Å². The fourth-order valence-electron chi connectivity index (χ4n) is 10.9. The van der Waals surface area contributed by atoms with E-state index < -0.39 is 12.1 Å². The molecule has 1 amide bonds. The number of hydrogen-bond donors (Lipinski definition) is 3. The molecular weight excluding hydrogens is 971 g/mol. The molecule has 3 N–H and O–H groups in total. The van der Waals surface area contributed by atoms with E-state index in [-0.39, 0.29) is 18.5 Å². The smallest absolute Gasteiger partial charge is 0.305 e. The minimum Gasteiger partial charge on any atom is -0.466 e. The lowest BCUT2D eigenvalue weighted by atomic mass is 10.0. The number of aliphatic hydroxyl groups is 2. The van der Waals surface area contributed by atoms with Gasteiger partial charge >= 0.3 is 5.97 Å². The largest absolute Gasteiger partial charge is 0.466 e. The molecule has 2 atom stereocenters. The highest BCUT2D eigenvalue weighted by atomic mass is 16.5. The highest BCUT2D eigenvalue weighted by Gasteiger charge is 2.18. The third-order valence-corrected chi connectivity index (χ3v) is 16.3. The average molecular weight is 1110 g/mol. The van der Waals surface area contributed by atoms with Gasteiger partial charge in [0.25, 0.3) is 0 Å². The number of carbonyl (C=O) groups is 2. The van der Waals surface area contributed by atoms with Gasteiger partial charge in [-0.25, -0.2) is 0 Å². The number of esters is 1. The summed E-state index contributed by atoms with van der Waals surface area (Å²) in [6.45, 7) is 4.91. The first-order valence-electron chi connectivity index (χ1n) is 35.4. The number of amides is 1. The van der Waals surface area contributed by atoms with E-state index in [4.69, 9.17) is 4.74 Å². The minimum atomic E-state index is -0.851. The summed E-state index contributed by atoms with van der Waals surface area (Å²) in [5, 5.41) is 23.3. The molecular formula is C73H137NO5. The van der Waals surface area contributed by atoms with Crippen molar-refractivity contribution >= 4 is 11.9 Å². The Labute approximate surface area is 493 Å². The van der Waals surface area contributed by atoms with E-state index in [1.54, 1.807) is 6.08 Å². The zero-order valence-electron chi connectivity index (χ0n) is 53.1. The molecule has 0 bridgehead atoms. The van der Waals surface area contributed by atoms with Crippen LogP contribution in [0.3, 0.4) is 0 Å². The standard InChI is InChI=1S/C73H137NO5/c1-3-5-7-9-11-13-15-17-18-19-20-21-22-26-29-32-35-38-42-45-49-53-57-61-65-71(76)70(69-75)74-72(77)66-62-58-54-50-46-43-39-36-33-30-27-24-23-25-28-31-34-37-40-44-48-52-56-60-64-68-79-73(78)67-63-59-55-51-47-41-16-14-12-10-8-6-4-2/h14,16,24-25,27-28,61,65,70-71,75-76H,3-13,15,17-23,26,29-60,62-64,66-69H2,1-2H3,(H,74,77)/b16-14-,27-24-,28-25-,65-61+. The summed E-state index contributed by atoms with van der Waals surface area (Å²) in [4.78, 5) is 24.6. The summed E-state index contributed by atoms with van der Waals surface area (Å²) in [5.74, 6) is -0.0714. The second kappa shape index (κ2) is 68.3. The molecule has 0 aromatic heterocycles. The van der Waals surface area contributed by atoms with Crippen LogP contribution >= 0.6 is 0 Å². The van der Waals surface area contributed by atoms with E-state index in [0.717, 1.165) is 51.4 Å². The maximum Gasteiger partial charge on any atom is 0.305 e. The number of carbonyl (C=O) groups excluding carboxylic acids is 2. The molecule has 79 heavy (non-hydrogen) atoms. The topological polar surface area (TPSA) is 95.9 Å². The van der Waals surface area contributed by atoms with Crippen molar-refractivity contribution in [2.75, 3.05) is 13.2 Å². The number of unbranched alkanes of at least 4 members (excludes halogenated alkanes) is 49. The Morgan fingerprint density at radius 3 is 0.987 bits per heavy atom. The molecule has 0 saturated carbocycles. The van der Waals surface area contributed by atoms with Crippen LogP contribution in [0.4, 0.5) is 0 Å². The van der Waals surface area contributed by atoms with Crippen molar-refractivity contribution in [2.45, 2.75) is 392 Å². The van der Waals surface area contributed by atoms with Gasteiger partial charge < -0.3 is 20.3 Å². The van der Waals surface area contributed by atoms with E-state index in [1.807, 2.05) is 6.08 Å². The Bertz CT molecular complexity index is 1320. The molecule has 6 heteroatoms. The van der Waals surface area contributed by atoms with Crippen LogP contribution in [0.25, 0.3) is 0 Å². The molecule has 0 aliphatic carbocycles. The van der Waals surface area contributed by atoms with Crippen LogP contribution < -0.4 is 5.32 Å². The van der Waals surface area contributed by atoms with Gasteiger partial charge in [-0.15, -0.1) is 0 Å². The lowest BCUT2D eigenvalue weighted by Gasteiger charge is -2.20. The van der Waals surface area contributed by atoms with Crippen LogP contribution in [0.5, 0.6) is 0 Å². The zero-order chi connectivity index (χ0) is 57.1. The van der Waals surface area contributed by atoms with E-state index in [0.29, 0.717) is 19.4 Å². The second-order valence-corrected chi connectivity index (χ2v) is 24.2. The molecule has 0 aromatic rings. The van der Waals surface area contributed by atoms with Crippen LogP contribution in [-0.4, -0.2) is 47.4 Å². The van der Waals surface area contributed by atoms with Gasteiger partial charge in [-0.2, -0.15) is 0 Å². The first-order valence-corrected chi connectivity index (χ1v) is 35.4. The minimum absolute atomic E-state index is 0.000548. The van der Waals surface area contributed by atoms with Crippen LogP contribution in [0.15, 0.2) is 48.6 Å². The molecule has 0 rings (SSSR count). The third-order valence-electron chi connectivity index (χ3n) is 16.3. The average Bonchev–Trinajstić information content (AvgIpc) is 3.45. The number of rotatable bonds is 66. The molecule has 0 aromatic carbocycles. The van der Waals surface area contributed by atoms with Gasteiger partial charge in [-0.05, 0) is 89.9 Å². The van der Waals surface area contributed by atoms with Gasteiger partial charge in [0.1, 0.15) is 0 Å². The molecule has 0 spiro atoms. The predicted octanol–water partition coefficient (Wildman–Crippen LogP) is 22.9. The van der Waals surface area contributed by atoms with Crippen molar-refractivity contribution in [3.8, 4) is 0 Å². The van der Waals surface area contributed by atoms with Crippen molar-refractivity contribution in [3.05, 3.63) is 48.6 Å². The van der Waals surface area contributed by atoms with E-state index in [1.165, 1.54) is 302 Å². The first-order chi connectivity index (χ1) is 39.0. The Morgan fingerprint density at radius 2 is 0.633 bits per heavy atom. The molecule has 464 valence electrons. The van der Waals surface area contributed by atoms with Crippen molar-refractivity contribution in [2.24, 2.45) is 0 Å². The summed E-state index contributed by atoms with van der Waals surface area (Å²) in [6.07, 6.45) is 89.0. The fraction of sp³-hybridized carbons (Fsp3) is 0.863. The quantitative estimate of drug-likeness (QED) is 0.0320. The highest BCUT2D eigenvalue weighted by Crippen LogP contribution is 2.18. The van der Waals surface area contributed by atoms with Crippen molar-refractivity contribution < 1.29 is 24.5 Å². The van der Waals surface area contributed by atoms with Gasteiger partial charge in [0.15, 0.2) is 0 Å². The van der Waals surface area contributed by atoms with Crippen LogP contribution in [0, 0.1) is 0 Å². The molecule has 0 heterocycles. The van der Waals surface area contributed by atoms with E-state index in [2.05, 4.69) is 55.6 Å². The van der Waals surface area contributed by atoms with Gasteiger partial charge in [0.05, 0.1) is 25.4 Å². The number of hydrogen-bond acceptors (Lipinski definition) is 5. The SMILES string of the molecule is CCCCCC/C=C\CCCCCCCC(=O)OCCCCCCCCCCC/C=C\C/C=C\CCCCCCCCCCCC(=O)NC(CO)C(O)/C=C/CCCCCCCCCCCCCCCCCCCCCCCC. The van der Waals surface area contributed by atoms with Crippen LogP contribution in [-0.2, 0) is 14.3 Å². The second-order valence-electron chi connectivity index (χ2n) is 24.2. The maximum absolute atomic E-state index is 12.5. The van der Waals surface area contributed by atoms with E-state index >= 15 is 0 Å². The summed E-state index contributed by atoms with van der Waals surface area (Å²) in [5.41, 5.74) is 0. The Balaban J connectivity index is 3.47. The Hall–Kier alpha value is -2.18. The van der Waals surface area contributed by atoms with Crippen LogP contribution in [0.1, 0.15) is 380 Å². The van der Waals surface area contributed by atoms with Gasteiger partial charge in [-0.3, -0.25) is 9.59 Å². The number of aliphatic hydroxyl groups excluding tert-OH is 2. The monoisotopic (exact) mass is 1110 g/mol. The molecule has 6 nitrogen and oxygen atoms in total. The summed E-state index contributed by atoms with van der Waals surface area (Å²) >= 11 is 0. The molecule has 0 saturated heterocycles.